The maximum Gasteiger partial charge on any atom is 0.405 e. The van der Waals surface area contributed by atoms with Gasteiger partial charge in [-0.1, -0.05) is 23.5 Å². The minimum atomic E-state index is -4.53. The van der Waals surface area contributed by atoms with E-state index in [9.17, 15) is 26.4 Å². The number of sulfonamides is 1. The van der Waals surface area contributed by atoms with Gasteiger partial charge in [-0.05, 0) is 36.4 Å². The Kier molecular flexibility index (Phi) is 5.66. The maximum atomic E-state index is 12.4. The number of carbonyl (C=O) groups excluding carboxylic acids is 1. The Labute approximate surface area is 167 Å². The van der Waals surface area contributed by atoms with E-state index in [1.165, 1.54) is 11.3 Å². The quantitative estimate of drug-likeness (QED) is 0.592. The molecule has 2 N–H and O–H groups in total. The minimum Gasteiger partial charge on any atom is -0.343 e. The van der Waals surface area contributed by atoms with Crippen molar-refractivity contribution in [1.29, 1.82) is 0 Å². The number of amides is 1. The van der Waals surface area contributed by atoms with Crippen LogP contribution in [-0.2, 0) is 17.1 Å². The summed E-state index contributed by atoms with van der Waals surface area (Å²) in [6.45, 7) is -1.47. The molecule has 154 valence electrons. The number of aromatic nitrogens is 1. The van der Waals surface area contributed by atoms with Crippen LogP contribution < -0.4 is 14.9 Å². The highest BCUT2D eigenvalue weighted by molar-refractivity contribution is 7.89. The van der Waals surface area contributed by atoms with E-state index in [0.717, 1.165) is 34.5 Å². The number of fused-ring (bicyclic) bond motifs is 1. The Morgan fingerprint density at radius 3 is 2.41 bits per heavy atom. The number of nitrogens with one attached hydrogen (secondary N) is 2. The number of carbonyl (C=O) groups is 1. The van der Waals surface area contributed by atoms with Crippen LogP contribution in [0.15, 0.2) is 58.5 Å². The Balaban J connectivity index is 1.77. The third-order valence-electron chi connectivity index (χ3n) is 3.85. The third kappa shape index (κ3) is 4.95. The van der Waals surface area contributed by atoms with Gasteiger partial charge >= 0.3 is 6.18 Å². The largest absolute Gasteiger partial charge is 0.405 e. The lowest BCUT2D eigenvalue weighted by Crippen LogP contribution is -2.33. The van der Waals surface area contributed by atoms with Crippen LogP contribution in [0.2, 0.25) is 0 Å². The van der Waals surface area contributed by atoms with Crippen LogP contribution in [0.25, 0.3) is 10.2 Å². The minimum absolute atomic E-state index is 0.0963. The summed E-state index contributed by atoms with van der Waals surface area (Å²) < 4.78 is 64.0. The Bertz CT molecular complexity index is 1210. The van der Waals surface area contributed by atoms with Crippen LogP contribution in [-0.4, -0.2) is 31.6 Å². The molecule has 3 rings (SSSR count). The molecule has 0 bridgehead atoms. The first-order chi connectivity index (χ1) is 13.6. The fourth-order valence-electron chi connectivity index (χ4n) is 2.41. The van der Waals surface area contributed by atoms with Crippen molar-refractivity contribution in [3.05, 3.63) is 58.9 Å². The summed E-state index contributed by atoms with van der Waals surface area (Å²) in [7, 11) is -2.28. The predicted molar refractivity (Wildman–Crippen MR) is 102 cm³/mol. The molecule has 1 aromatic heterocycles. The van der Waals surface area contributed by atoms with Gasteiger partial charge in [-0.3, -0.25) is 4.79 Å². The average Bonchev–Trinajstić information content (AvgIpc) is 3.00. The molecule has 0 fully saturated rings. The zero-order valence-electron chi connectivity index (χ0n) is 14.9. The van der Waals surface area contributed by atoms with Crippen LogP contribution in [0.5, 0.6) is 0 Å². The van der Waals surface area contributed by atoms with Crippen LogP contribution in [0.3, 0.4) is 0 Å². The molecule has 29 heavy (non-hydrogen) atoms. The first kappa shape index (κ1) is 20.9. The van der Waals surface area contributed by atoms with Crippen LogP contribution >= 0.6 is 11.3 Å². The SMILES string of the molecule is Cn1/c(=N/NS(=O)(=O)c2ccc(C(=O)NCC(F)(F)F)cc2)sc2ccccc21. The highest BCUT2D eigenvalue weighted by atomic mass is 32.2. The number of hydrogen-bond donors (Lipinski definition) is 2. The van der Waals surface area contributed by atoms with E-state index >= 15 is 0 Å². The highest BCUT2D eigenvalue weighted by Crippen LogP contribution is 2.16. The molecule has 7 nitrogen and oxygen atoms in total. The normalized spacial score (nSPS) is 12.9. The number of thiazole rings is 1. The van der Waals surface area contributed by atoms with Gasteiger partial charge in [-0.2, -0.15) is 26.4 Å². The lowest BCUT2D eigenvalue weighted by molar-refractivity contribution is -0.123. The molecule has 2 aromatic carbocycles. The molecule has 3 aromatic rings. The standard InChI is InChI=1S/C17H15F3N4O3S2/c1-24-13-4-2-3-5-14(13)28-16(24)22-23-29(26,27)12-8-6-11(7-9-12)15(25)21-10-17(18,19)20/h2-9,23H,10H2,1H3,(H,21,25)/b22-16-. The van der Waals surface area contributed by atoms with E-state index in [1.54, 1.807) is 16.9 Å². The molecule has 0 saturated heterocycles. The fourth-order valence-corrected chi connectivity index (χ4v) is 4.25. The lowest BCUT2D eigenvalue weighted by Gasteiger charge is -2.09. The number of para-hydroxylation sites is 1. The third-order valence-corrected chi connectivity index (χ3v) is 6.19. The summed E-state index contributed by atoms with van der Waals surface area (Å²) >= 11 is 1.30. The van der Waals surface area contributed by atoms with E-state index in [4.69, 9.17) is 0 Å². The predicted octanol–water partition coefficient (Wildman–Crippen LogP) is 2.33. The number of rotatable bonds is 5. The van der Waals surface area contributed by atoms with Crippen molar-refractivity contribution < 1.29 is 26.4 Å². The fraction of sp³-hybridized carbons (Fsp3) is 0.176. The van der Waals surface area contributed by atoms with Gasteiger partial charge in [0, 0.05) is 12.6 Å². The zero-order valence-corrected chi connectivity index (χ0v) is 16.5. The molecule has 1 heterocycles. The molecule has 0 unspecified atom stereocenters. The highest BCUT2D eigenvalue weighted by Gasteiger charge is 2.28. The molecule has 1 amide bonds. The van der Waals surface area contributed by atoms with Crippen LogP contribution in [0.4, 0.5) is 13.2 Å². The van der Waals surface area contributed by atoms with Crippen molar-refractivity contribution in [1.82, 2.24) is 14.7 Å². The number of alkyl halides is 3. The Hall–Kier alpha value is -2.86. The Morgan fingerprint density at radius 2 is 1.79 bits per heavy atom. The van der Waals surface area contributed by atoms with Crippen molar-refractivity contribution >= 4 is 37.5 Å². The van der Waals surface area contributed by atoms with E-state index in [1.807, 2.05) is 24.3 Å². The second-order valence-electron chi connectivity index (χ2n) is 5.94. The molecule has 0 radical (unpaired) electrons. The summed E-state index contributed by atoms with van der Waals surface area (Å²) in [4.78, 5) is 14.1. The van der Waals surface area contributed by atoms with Gasteiger partial charge in [0.25, 0.3) is 15.9 Å². The second kappa shape index (κ2) is 7.87. The molecule has 0 saturated carbocycles. The van der Waals surface area contributed by atoms with E-state index in [0.29, 0.717) is 4.80 Å². The number of aryl methyl sites for hydroxylation is 1. The van der Waals surface area contributed by atoms with Gasteiger partial charge in [0.1, 0.15) is 6.54 Å². The monoisotopic (exact) mass is 444 g/mol. The van der Waals surface area contributed by atoms with Gasteiger partial charge in [0.2, 0.25) is 4.80 Å². The summed E-state index contributed by atoms with van der Waals surface area (Å²) in [5.74, 6) is -0.957. The van der Waals surface area contributed by atoms with Gasteiger partial charge in [0.15, 0.2) is 0 Å². The smallest absolute Gasteiger partial charge is 0.343 e. The van der Waals surface area contributed by atoms with Crippen molar-refractivity contribution in [3.8, 4) is 0 Å². The summed E-state index contributed by atoms with van der Waals surface area (Å²) in [5.41, 5.74) is 0.797. The maximum absolute atomic E-state index is 12.4. The molecule has 0 aliphatic heterocycles. The van der Waals surface area contributed by atoms with E-state index in [-0.39, 0.29) is 10.5 Å². The van der Waals surface area contributed by atoms with Crippen molar-refractivity contribution in [3.63, 3.8) is 0 Å². The molecule has 0 atom stereocenters. The van der Waals surface area contributed by atoms with E-state index < -0.39 is 28.7 Å². The zero-order chi connectivity index (χ0) is 21.2. The van der Waals surface area contributed by atoms with Crippen LogP contribution in [0, 0.1) is 0 Å². The second-order valence-corrected chi connectivity index (χ2v) is 8.61. The molecular weight excluding hydrogens is 429 g/mol. The summed E-state index contributed by atoms with van der Waals surface area (Å²) in [5, 5.41) is 5.66. The topological polar surface area (TPSA) is 92.6 Å². The van der Waals surface area contributed by atoms with Gasteiger partial charge in [0.05, 0.1) is 15.1 Å². The van der Waals surface area contributed by atoms with Gasteiger partial charge in [-0.25, -0.2) is 0 Å². The van der Waals surface area contributed by atoms with E-state index in [2.05, 4.69) is 9.93 Å². The molecule has 0 aliphatic rings. The van der Waals surface area contributed by atoms with Gasteiger partial charge in [-0.15, -0.1) is 5.10 Å². The first-order valence-electron chi connectivity index (χ1n) is 8.12. The van der Waals surface area contributed by atoms with Gasteiger partial charge < -0.3 is 9.88 Å². The first-order valence-corrected chi connectivity index (χ1v) is 10.4. The molecular formula is C17H15F3N4O3S2. The number of hydrogen-bond acceptors (Lipinski definition) is 5. The van der Waals surface area contributed by atoms with Crippen molar-refractivity contribution in [2.75, 3.05) is 6.54 Å². The molecule has 12 heteroatoms. The Morgan fingerprint density at radius 1 is 1.14 bits per heavy atom. The molecule has 0 spiro atoms. The lowest BCUT2D eigenvalue weighted by atomic mass is 10.2. The summed E-state index contributed by atoms with van der Waals surface area (Å²) in [6, 6.07) is 12.0. The summed E-state index contributed by atoms with van der Waals surface area (Å²) in [6.07, 6.45) is -4.53. The molecule has 0 aliphatic carbocycles. The number of halogens is 3. The van der Waals surface area contributed by atoms with Crippen LogP contribution in [0.1, 0.15) is 10.4 Å². The average molecular weight is 444 g/mol. The number of benzene rings is 2. The van der Waals surface area contributed by atoms with Crippen molar-refractivity contribution in [2.24, 2.45) is 12.1 Å². The number of nitrogens with zero attached hydrogens (tertiary/aromatic N) is 2. The van der Waals surface area contributed by atoms with Crippen molar-refractivity contribution in [2.45, 2.75) is 11.1 Å².